The number of likely N-dealkylation sites (N-methyl/N-ethyl adjacent to an activating group) is 1. The number of nitrogens with zero attached hydrogens (tertiary/aromatic N) is 2. The van der Waals surface area contributed by atoms with E-state index in [4.69, 9.17) is 4.74 Å². The van der Waals surface area contributed by atoms with Gasteiger partial charge in [0.1, 0.15) is 12.4 Å². The maximum Gasteiger partial charge on any atom is 0.121 e. The van der Waals surface area contributed by atoms with E-state index in [-0.39, 0.29) is 0 Å². The minimum Gasteiger partial charge on any atom is -0.489 e. The van der Waals surface area contributed by atoms with E-state index in [1.807, 2.05) is 18.2 Å². The summed E-state index contributed by atoms with van der Waals surface area (Å²) in [6.07, 6.45) is 3.54. The molecule has 1 aliphatic rings. The molecule has 0 bridgehead atoms. The lowest BCUT2D eigenvalue weighted by molar-refractivity contribution is 0.267. The number of benzene rings is 2. The molecular weight excluding hydrogens is 308 g/mol. The third-order valence-electron chi connectivity index (χ3n) is 5.54. The highest BCUT2D eigenvalue weighted by molar-refractivity contribution is 5.87. The Bertz CT molecular complexity index is 880. The molecule has 3 heteroatoms. The first-order chi connectivity index (χ1) is 12.1. The van der Waals surface area contributed by atoms with Crippen molar-refractivity contribution in [1.82, 2.24) is 9.47 Å². The fourth-order valence-corrected chi connectivity index (χ4v) is 4.01. The van der Waals surface area contributed by atoms with E-state index in [1.165, 1.54) is 34.1 Å². The Labute approximate surface area is 149 Å². The van der Waals surface area contributed by atoms with Crippen molar-refractivity contribution in [3.05, 3.63) is 65.4 Å². The molecule has 130 valence electrons. The van der Waals surface area contributed by atoms with Crippen LogP contribution in [0.3, 0.4) is 0 Å². The molecule has 2 aromatic carbocycles. The second kappa shape index (κ2) is 6.57. The third-order valence-corrected chi connectivity index (χ3v) is 5.54. The number of hydrogen-bond donors (Lipinski definition) is 0. The monoisotopic (exact) mass is 334 g/mol. The van der Waals surface area contributed by atoms with Gasteiger partial charge in [-0.05, 0) is 56.6 Å². The molecule has 3 nitrogen and oxygen atoms in total. The van der Waals surface area contributed by atoms with Gasteiger partial charge in [-0.3, -0.25) is 0 Å². The fourth-order valence-electron chi connectivity index (χ4n) is 4.01. The zero-order chi connectivity index (χ0) is 17.4. The summed E-state index contributed by atoms with van der Waals surface area (Å²) in [6.45, 7) is 0.610. The van der Waals surface area contributed by atoms with E-state index in [1.54, 1.807) is 0 Å². The lowest BCUT2D eigenvalue weighted by Gasteiger charge is -2.28. The van der Waals surface area contributed by atoms with Crippen LogP contribution in [-0.2, 0) is 26.5 Å². The number of aromatic nitrogens is 1. The summed E-state index contributed by atoms with van der Waals surface area (Å²) in [5.74, 6) is 0.943. The van der Waals surface area contributed by atoms with Crippen LogP contribution in [0.2, 0.25) is 0 Å². The number of ether oxygens (including phenoxy) is 1. The molecule has 1 heterocycles. The van der Waals surface area contributed by atoms with Crippen molar-refractivity contribution in [3.8, 4) is 5.75 Å². The SMILES string of the molecule is CN(C)C1CCc2c(c3ccc(OCc4ccccc4)cc3n2C)C1. The van der Waals surface area contributed by atoms with Gasteiger partial charge < -0.3 is 14.2 Å². The molecular formula is C22H26N2O. The molecule has 0 radical (unpaired) electrons. The molecule has 1 unspecified atom stereocenters. The normalized spacial score (nSPS) is 17.0. The zero-order valence-corrected chi connectivity index (χ0v) is 15.3. The summed E-state index contributed by atoms with van der Waals surface area (Å²) >= 11 is 0. The Morgan fingerprint density at radius 3 is 2.68 bits per heavy atom. The number of hydrogen-bond acceptors (Lipinski definition) is 2. The van der Waals surface area contributed by atoms with Gasteiger partial charge in [-0.15, -0.1) is 0 Å². The first-order valence-electron chi connectivity index (χ1n) is 9.07. The van der Waals surface area contributed by atoms with Gasteiger partial charge in [-0.25, -0.2) is 0 Å². The lowest BCUT2D eigenvalue weighted by atomic mass is 9.91. The predicted octanol–water partition coefficient (Wildman–Crippen LogP) is 4.18. The minimum atomic E-state index is 0.610. The number of fused-ring (bicyclic) bond motifs is 3. The molecule has 4 rings (SSSR count). The fraction of sp³-hybridized carbons (Fsp3) is 0.364. The molecule has 3 aromatic rings. The van der Waals surface area contributed by atoms with Gasteiger partial charge in [0.05, 0.1) is 5.52 Å². The molecule has 0 N–H and O–H groups in total. The highest BCUT2D eigenvalue weighted by atomic mass is 16.5. The number of rotatable bonds is 4. The Balaban J connectivity index is 1.62. The lowest BCUT2D eigenvalue weighted by Crippen LogP contribution is -2.33. The summed E-state index contributed by atoms with van der Waals surface area (Å²) < 4.78 is 8.39. The summed E-state index contributed by atoms with van der Waals surface area (Å²) in [6, 6.07) is 17.5. The van der Waals surface area contributed by atoms with Crippen molar-refractivity contribution in [3.63, 3.8) is 0 Å². The third kappa shape index (κ3) is 3.05. The van der Waals surface area contributed by atoms with Crippen molar-refractivity contribution in [1.29, 1.82) is 0 Å². The molecule has 0 saturated carbocycles. The molecule has 0 amide bonds. The van der Waals surface area contributed by atoms with Gasteiger partial charge in [0.2, 0.25) is 0 Å². The van der Waals surface area contributed by atoms with Crippen molar-refractivity contribution in [2.75, 3.05) is 14.1 Å². The topological polar surface area (TPSA) is 17.4 Å². The molecule has 1 aromatic heterocycles. The van der Waals surface area contributed by atoms with Gasteiger partial charge in [-0.1, -0.05) is 30.3 Å². The average molecular weight is 334 g/mol. The molecule has 1 atom stereocenters. The minimum absolute atomic E-state index is 0.610. The Hall–Kier alpha value is -2.26. The zero-order valence-electron chi connectivity index (χ0n) is 15.3. The molecule has 25 heavy (non-hydrogen) atoms. The quantitative estimate of drug-likeness (QED) is 0.712. The van der Waals surface area contributed by atoms with E-state index in [9.17, 15) is 0 Å². The molecule has 0 aliphatic heterocycles. The smallest absolute Gasteiger partial charge is 0.121 e. The van der Waals surface area contributed by atoms with Gasteiger partial charge in [0.25, 0.3) is 0 Å². The molecule has 0 spiro atoms. The van der Waals surface area contributed by atoms with E-state index < -0.39 is 0 Å². The molecule has 0 fully saturated rings. The van der Waals surface area contributed by atoms with E-state index in [0.29, 0.717) is 12.6 Å². The maximum absolute atomic E-state index is 6.02. The second-order valence-electron chi connectivity index (χ2n) is 7.30. The van der Waals surface area contributed by atoms with Crippen LogP contribution in [0.15, 0.2) is 48.5 Å². The van der Waals surface area contributed by atoms with E-state index >= 15 is 0 Å². The van der Waals surface area contributed by atoms with Gasteiger partial charge >= 0.3 is 0 Å². The van der Waals surface area contributed by atoms with Crippen molar-refractivity contribution in [2.45, 2.75) is 31.9 Å². The van der Waals surface area contributed by atoms with Crippen LogP contribution in [0.25, 0.3) is 10.9 Å². The van der Waals surface area contributed by atoms with Crippen LogP contribution in [0.5, 0.6) is 5.75 Å². The summed E-state index contributed by atoms with van der Waals surface area (Å²) in [5.41, 5.74) is 5.50. The predicted molar refractivity (Wildman–Crippen MR) is 103 cm³/mol. The van der Waals surface area contributed by atoms with Crippen LogP contribution in [0.4, 0.5) is 0 Å². The van der Waals surface area contributed by atoms with Crippen molar-refractivity contribution >= 4 is 10.9 Å². The second-order valence-corrected chi connectivity index (χ2v) is 7.30. The van der Waals surface area contributed by atoms with Crippen LogP contribution in [-0.4, -0.2) is 29.6 Å². The highest BCUT2D eigenvalue weighted by Gasteiger charge is 2.25. The van der Waals surface area contributed by atoms with Gasteiger partial charge in [-0.2, -0.15) is 0 Å². The van der Waals surface area contributed by atoms with Gasteiger partial charge in [0.15, 0.2) is 0 Å². The highest BCUT2D eigenvalue weighted by Crippen LogP contribution is 2.34. The Kier molecular flexibility index (Phi) is 4.26. The number of aryl methyl sites for hydroxylation is 1. The largest absolute Gasteiger partial charge is 0.489 e. The molecule has 0 saturated heterocycles. The first kappa shape index (κ1) is 16.2. The van der Waals surface area contributed by atoms with Crippen LogP contribution in [0, 0.1) is 0 Å². The summed E-state index contributed by atoms with van der Waals surface area (Å²) in [7, 11) is 6.57. The van der Waals surface area contributed by atoms with E-state index in [2.05, 4.69) is 60.9 Å². The Morgan fingerprint density at radius 1 is 1.12 bits per heavy atom. The van der Waals surface area contributed by atoms with Crippen LogP contribution < -0.4 is 4.74 Å². The van der Waals surface area contributed by atoms with Crippen molar-refractivity contribution in [2.24, 2.45) is 7.05 Å². The van der Waals surface area contributed by atoms with Crippen LogP contribution in [0.1, 0.15) is 23.2 Å². The average Bonchev–Trinajstić information content (AvgIpc) is 2.92. The summed E-state index contributed by atoms with van der Waals surface area (Å²) in [5, 5.41) is 1.39. The van der Waals surface area contributed by atoms with Crippen LogP contribution >= 0.6 is 0 Å². The van der Waals surface area contributed by atoms with Gasteiger partial charge in [0, 0.05) is 30.2 Å². The first-order valence-corrected chi connectivity index (χ1v) is 9.07. The molecule has 1 aliphatic carbocycles. The maximum atomic E-state index is 6.02. The Morgan fingerprint density at radius 2 is 1.92 bits per heavy atom. The summed E-state index contributed by atoms with van der Waals surface area (Å²) in [4.78, 5) is 2.36. The standard InChI is InChI=1S/C22H26N2O/c1-23(2)17-9-12-21-20(13-17)19-11-10-18(14-22(19)24(21)3)25-15-16-7-5-4-6-8-16/h4-8,10-11,14,17H,9,12-13,15H2,1-3H3. The van der Waals surface area contributed by atoms with E-state index in [0.717, 1.165) is 18.6 Å². The van der Waals surface area contributed by atoms with Crippen molar-refractivity contribution < 1.29 is 4.74 Å².